The van der Waals surface area contributed by atoms with Gasteiger partial charge in [0.1, 0.15) is 11.5 Å². The van der Waals surface area contributed by atoms with E-state index in [1.807, 2.05) is 0 Å². The van der Waals surface area contributed by atoms with Crippen LogP contribution < -0.4 is 14.8 Å². The van der Waals surface area contributed by atoms with E-state index in [0.29, 0.717) is 16.9 Å². The number of alkyl halides is 3. The molecule has 3 N–H and O–H groups in total. The molecule has 0 fully saturated rings. The predicted octanol–water partition coefficient (Wildman–Crippen LogP) is 2.30. The monoisotopic (exact) mass is 439 g/mol. The summed E-state index contributed by atoms with van der Waals surface area (Å²) in [6.45, 7) is 0. The van der Waals surface area contributed by atoms with Crippen LogP contribution >= 0.6 is 0 Å². The number of nitrogens with one attached hydrogen (secondary N) is 1. The predicted molar refractivity (Wildman–Crippen MR) is 106 cm³/mol. The zero-order valence-corrected chi connectivity index (χ0v) is 16.6. The van der Waals surface area contributed by atoms with Crippen molar-refractivity contribution in [1.82, 2.24) is 5.32 Å². The van der Waals surface area contributed by atoms with Gasteiger partial charge >= 0.3 is 13.5 Å². The van der Waals surface area contributed by atoms with Crippen LogP contribution in [0.5, 0.6) is 11.5 Å². The first-order chi connectivity index (χ1) is 14.6. The first kappa shape index (κ1) is 24.2. The van der Waals surface area contributed by atoms with Gasteiger partial charge in [-0.1, -0.05) is 12.1 Å². The number of hydrogen-bond acceptors (Lipinski definition) is 6. The molecular weight excluding hydrogens is 418 g/mol. The third-order valence-electron chi connectivity index (χ3n) is 4.31. The summed E-state index contributed by atoms with van der Waals surface area (Å²) in [5, 5.41) is 21.5. The van der Waals surface area contributed by atoms with Crippen molar-refractivity contribution in [2.45, 2.75) is 31.6 Å². The molecule has 166 valence electrons. The van der Waals surface area contributed by atoms with Crippen molar-refractivity contribution < 1.29 is 42.3 Å². The number of rotatable bonds is 10. The number of carbonyl (C=O) groups excluding carboxylic acids is 2. The van der Waals surface area contributed by atoms with E-state index in [4.69, 9.17) is 4.74 Å². The van der Waals surface area contributed by atoms with Gasteiger partial charge in [0.05, 0.1) is 13.1 Å². The van der Waals surface area contributed by atoms with Gasteiger partial charge in [-0.15, -0.1) is 13.2 Å². The summed E-state index contributed by atoms with van der Waals surface area (Å²) >= 11 is 0. The second kappa shape index (κ2) is 10.8. The highest BCUT2D eigenvalue weighted by Crippen LogP contribution is 2.23. The van der Waals surface area contributed by atoms with Crippen molar-refractivity contribution in [2.24, 2.45) is 0 Å². The molecule has 0 bridgehead atoms. The van der Waals surface area contributed by atoms with Crippen LogP contribution in [0.3, 0.4) is 0 Å². The zero-order chi connectivity index (χ0) is 23.0. The van der Waals surface area contributed by atoms with Gasteiger partial charge in [-0.05, 0) is 48.4 Å². The van der Waals surface area contributed by atoms with Gasteiger partial charge in [-0.2, -0.15) is 0 Å². The molecular formula is C20H21BF3NO6. The lowest BCUT2D eigenvalue weighted by atomic mass is 9.76. The Morgan fingerprint density at radius 2 is 1.58 bits per heavy atom. The lowest BCUT2D eigenvalue weighted by Crippen LogP contribution is -2.47. The SMILES string of the molecule is COc1ccc(C(=O)CCC(=O)NC(Cc2ccc(OC(F)(F)F)cc2)B(O)O)cc1. The number of ether oxygens (including phenoxy) is 2. The summed E-state index contributed by atoms with van der Waals surface area (Å²) in [6, 6.07) is 11.2. The lowest BCUT2D eigenvalue weighted by molar-refractivity contribution is -0.274. The Morgan fingerprint density at radius 3 is 2.10 bits per heavy atom. The highest BCUT2D eigenvalue weighted by Gasteiger charge is 2.31. The van der Waals surface area contributed by atoms with Crippen molar-refractivity contribution in [3.8, 4) is 11.5 Å². The number of ketones is 1. The Labute approximate surface area is 176 Å². The molecule has 2 aromatic carbocycles. The maximum absolute atomic E-state index is 12.2. The molecule has 2 aromatic rings. The standard InChI is InChI=1S/C20H21BF3NO6/c1-30-15-8-4-14(5-9-15)17(26)10-11-19(27)25-18(21(28)29)12-13-2-6-16(7-3-13)31-20(22,23)24/h2-9,18,28-29H,10-12H2,1H3,(H,25,27). The molecule has 0 radical (unpaired) electrons. The van der Waals surface area contributed by atoms with Crippen molar-refractivity contribution >= 4 is 18.8 Å². The van der Waals surface area contributed by atoms with E-state index in [0.717, 1.165) is 12.1 Å². The van der Waals surface area contributed by atoms with Crippen LogP contribution in [0.15, 0.2) is 48.5 Å². The van der Waals surface area contributed by atoms with Crippen molar-refractivity contribution in [2.75, 3.05) is 7.11 Å². The smallest absolute Gasteiger partial charge is 0.497 e. The molecule has 0 saturated heterocycles. The van der Waals surface area contributed by atoms with Crippen LogP contribution in [0.2, 0.25) is 0 Å². The molecule has 0 aliphatic heterocycles. The maximum atomic E-state index is 12.2. The lowest BCUT2D eigenvalue weighted by Gasteiger charge is -2.18. The molecule has 0 aliphatic carbocycles. The summed E-state index contributed by atoms with van der Waals surface area (Å²) in [5.41, 5.74) is 0.857. The zero-order valence-electron chi connectivity index (χ0n) is 16.6. The number of halogens is 3. The summed E-state index contributed by atoms with van der Waals surface area (Å²) in [6.07, 6.45) is -5.13. The van der Waals surface area contributed by atoms with Crippen molar-refractivity contribution in [3.63, 3.8) is 0 Å². The number of hydrogen-bond donors (Lipinski definition) is 3. The van der Waals surface area contributed by atoms with E-state index in [1.165, 1.54) is 19.2 Å². The average Bonchev–Trinajstić information content (AvgIpc) is 2.71. The van der Waals surface area contributed by atoms with Gasteiger partial charge in [0.2, 0.25) is 5.91 Å². The van der Waals surface area contributed by atoms with Crippen LogP contribution in [0.1, 0.15) is 28.8 Å². The van der Waals surface area contributed by atoms with E-state index >= 15 is 0 Å². The molecule has 0 aliphatic rings. The molecule has 11 heteroatoms. The number of benzene rings is 2. The van der Waals surface area contributed by atoms with Gasteiger partial charge in [0.15, 0.2) is 5.78 Å². The fraction of sp³-hybridized carbons (Fsp3) is 0.300. The van der Waals surface area contributed by atoms with Gasteiger partial charge in [-0.3, -0.25) is 9.59 Å². The van der Waals surface area contributed by atoms with E-state index < -0.39 is 31.1 Å². The number of amides is 1. The molecule has 1 amide bonds. The van der Waals surface area contributed by atoms with Crippen LogP contribution in [-0.2, 0) is 11.2 Å². The fourth-order valence-corrected chi connectivity index (χ4v) is 2.74. The van der Waals surface area contributed by atoms with Gasteiger partial charge in [0, 0.05) is 18.4 Å². The summed E-state index contributed by atoms with van der Waals surface area (Å²) < 4.78 is 45.4. The molecule has 31 heavy (non-hydrogen) atoms. The highest BCUT2D eigenvalue weighted by molar-refractivity contribution is 6.43. The second-order valence-electron chi connectivity index (χ2n) is 6.64. The summed E-state index contributed by atoms with van der Waals surface area (Å²) in [7, 11) is -0.412. The Kier molecular flexibility index (Phi) is 8.46. The largest absolute Gasteiger partial charge is 0.573 e. The Balaban J connectivity index is 1.88. The normalized spacial score (nSPS) is 12.1. The van der Waals surface area contributed by atoms with Gasteiger partial charge in [0.25, 0.3) is 0 Å². The van der Waals surface area contributed by atoms with Crippen LogP contribution in [0.4, 0.5) is 13.2 Å². The Hall–Kier alpha value is -3.05. The van der Waals surface area contributed by atoms with Crippen LogP contribution in [-0.4, -0.2) is 48.3 Å². The Morgan fingerprint density at radius 1 is 1.00 bits per heavy atom. The molecule has 0 aromatic heterocycles. The minimum atomic E-state index is -4.82. The first-order valence-electron chi connectivity index (χ1n) is 9.25. The summed E-state index contributed by atoms with van der Waals surface area (Å²) in [4.78, 5) is 24.3. The Bertz CT molecular complexity index is 872. The minimum absolute atomic E-state index is 0.0534. The maximum Gasteiger partial charge on any atom is 0.573 e. The minimum Gasteiger partial charge on any atom is -0.497 e. The summed E-state index contributed by atoms with van der Waals surface area (Å²) in [5.74, 6) is -1.78. The van der Waals surface area contributed by atoms with Crippen LogP contribution in [0.25, 0.3) is 0 Å². The van der Waals surface area contributed by atoms with Crippen molar-refractivity contribution in [3.05, 3.63) is 59.7 Å². The average molecular weight is 439 g/mol. The third-order valence-corrected chi connectivity index (χ3v) is 4.31. The quantitative estimate of drug-likeness (QED) is 0.388. The third kappa shape index (κ3) is 8.31. The fourth-order valence-electron chi connectivity index (χ4n) is 2.74. The molecule has 0 spiro atoms. The second-order valence-corrected chi connectivity index (χ2v) is 6.64. The van der Waals surface area contributed by atoms with Crippen LogP contribution in [0, 0.1) is 0 Å². The van der Waals surface area contributed by atoms with E-state index in [-0.39, 0.29) is 25.0 Å². The highest BCUT2D eigenvalue weighted by atomic mass is 19.4. The number of Topliss-reactive ketones (excluding diaryl/α,β-unsaturated/α-hetero) is 1. The van der Waals surface area contributed by atoms with E-state index in [9.17, 15) is 32.8 Å². The van der Waals surface area contributed by atoms with Gasteiger partial charge < -0.3 is 24.8 Å². The van der Waals surface area contributed by atoms with Crippen molar-refractivity contribution in [1.29, 1.82) is 0 Å². The first-order valence-corrected chi connectivity index (χ1v) is 9.25. The number of methoxy groups -OCH3 is 1. The van der Waals surface area contributed by atoms with E-state index in [1.54, 1.807) is 24.3 Å². The number of carbonyl (C=O) groups is 2. The van der Waals surface area contributed by atoms with Gasteiger partial charge in [-0.25, -0.2) is 0 Å². The molecule has 0 heterocycles. The van der Waals surface area contributed by atoms with E-state index in [2.05, 4.69) is 10.1 Å². The topological polar surface area (TPSA) is 105 Å². The molecule has 1 atom stereocenters. The molecule has 2 rings (SSSR count). The molecule has 7 nitrogen and oxygen atoms in total. The molecule has 1 unspecified atom stereocenters. The molecule has 0 saturated carbocycles.